The lowest BCUT2D eigenvalue weighted by Crippen LogP contribution is -2.25. The monoisotopic (exact) mass is 231 g/mol. The molecule has 1 aromatic rings. The molecule has 1 aliphatic heterocycles. The van der Waals surface area contributed by atoms with Crippen molar-refractivity contribution in [3.05, 3.63) is 42.3 Å². The molecule has 0 unspecified atom stereocenters. The van der Waals surface area contributed by atoms with Crippen molar-refractivity contribution in [1.82, 2.24) is 4.90 Å². The third kappa shape index (κ3) is 2.88. The molecule has 1 aromatic carbocycles. The molecule has 1 fully saturated rings. The fraction of sp³-hybridized carbons (Fsp3) is 0.533. The summed E-state index contributed by atoms with van der Waals surface area (Å²) >= 11 is 0. The lowest BCUT2D eigenvalue weighted by Gasteiger charge is -2.27. The van der Waals surface area contributed by atoms with Gasteiger partial charge in [0, 0.05) is 12.1 Å². The average Bonchev–Trinajstić information content (AvgIpc) is 2.84. The van der Waals surface area contributed by atoms with E-state index in [0.717, 1.165) is 6.42 Å². The number of hydrogen-bond acceptors (Lipinski definition) is 2. The van der Waals surface area contributed by atoms with Crippen LogP contribution in [0.4, 0.5) is 0 Å². The van der Waals surface area contributed by atoms with Gasteiger partial charge in [-0.05, 0) is 50.4 Å². The first-order chi connectivity index (χ1) is 8.22. The predicted molar refractivity (Wildman–Crippen MR) is 72.6 cm³/mol. The van der Waals surface area contributed by atoms with Gasteiger partial charge in [-0.3, -0.25) is 4.90 Å². The van der Waals surface area contributed by atoms with Gasteiger partial charge in [0.1, 0.15) is 0 Å². The van der Waals surface area contributed by atoms with Gasteiger partial charge in [0.2, 0.25) is 0 Å². The highest BCUT2D eigenvalue weighted by Crippen LogP contribution is 2.28. The van der Waals surface area contributed by atoms with Gasteiger partial charge in [0.05, 0.1) is 0 Å². The minimum Gasteiger partial charge on any atom is -0.324 e. The van der Waals surface area contributed by atoms with Crippen LogP contribution in [0.25, 0.3) is 0 Å². The van der Waals surface area contributed by atoms with Gasteiger partial charge in [-0.15, -0.1) is 0 Å². The fourth-order valence-electron chi connectivity index (χ4n) is 2.64. The largest absolute Gasteiger partial charge is 0.324 e. The molecule has 2 N–H and O–H groups in total. The zero-order chi connectivity index (χ0) is 12.3. The molecule has 1 heterocycles. The lowest BCUT2D eigenvalue weighted by atomic mass is 10.00. The Morgan fingerprint density at radius 1 is 1.18 bits per heavy atom. The molecule has 17 heavy (non-hydrogen) atoms. The maximum atomic E-state index is 5.87. The molecular formula is C15H23N2. The van der Waals surface area contributed by atoms with Gasteiger partial charge in [0.25, 0.3) is 0 Å². The molecule has 0 aromatic heterocycles. The van der Waals surface area contributed by atoms with Crippen LogP contribution >= 0.6 is 0 Å². The Morgan fingerprint density at radius 2 is 1.71 bits per heavy atom. The minimum atomic E-state index is 0.119. The average molecular weight is 231 g/mol. The summed E-state index contributed by atoms with van der Waals surface area (Å²) in [4.78, 5) is 2.55. The molecule has 0 bridgehead atoms. The van der Waals surface area contributed by atoms with Crippen molar-refractivity contribution in [3.8, 4) is 0 Å². The standard InChI is InChI=1S/C15H23N2/c1-3-15(17-10-4-5-11-17)14-8-6-13(7-9-14)12(2)16/h6-9,12,15H,1,3-5,10-11,16H2,2H3/t12-,15-/m0/s1. The van der Waals surface area contributed by atoms with Crippen LogP contribution in [0.3, 0.4) is 0 Å². The minimum absolute atomic E-state index is 0.119. The van der Waals surface area contributed by atoms with Gasteiger partial charge in [0.15, 0.2) is 0 Å². The second kappa shape index (κ2) is 5.65. The first-order valence-electron chi connectivity index (χ1n) is 6.61. The first-order valence-corrected chi connectivity index (χ1v) is 6.61. The Hall–Kier alpha value is -0.860. The molecule has 2 atom stereocenters. The van der Waals surface area contributed by atoms with Crippen molar-refractivity contribution in [2.24, 2.45) is 5.73 Å². The SMILES string of the molecule is [CH2]C[C@@H](c1ccc([C@H](C)N)cc1)N1CCCC1. The van der Waals surface area contributed by atoms with Crippen molar-refractivity contribution in [1.29, 1.82) is 0 Å². The highest BCUT2D eigenvalue weighted by Gasteiger charge is 2.21. The van der Waals surface area contributed by atoms with Gasteiger partial charge in [-0.2, -0.15) is 0 Å². The van der Waals surface area contributed by atoms with Crippen LogP contribution in [0.2, 0.25) is 0 Å². The van der Waals surface area contributed by atoms with E-state index in [4.69, 9.17) is 5.73 Å². The molecule has 2 nitrogen and oxygen atoms in total. The van der Waals surface area contributed by atoms with Gasteiger partial charge < -0.3 is 5.73 Å². The summed E-state index contributed by atoms with van der Waals surface area (Å²) < 4.78 is 0. The van der Waals surface area contributed by atoms with Crippen LogP contribution in [0.15, 0.2) is 24.3 Å². The second-order valence-electron chi connectivity index (χ2n) is 5.00. The molecule has 0 aliphatic carbocycles. The third-order valence-electron chi connectivity index (χ3n) is 3.70. The highest BCUT2D eigenvalue weighted by atomic mass is 15.2. The van der Waals surface area contributed by atoms with E-state index in [1.165, 1.54) is 37.1 Å². The van der Waals surface area contributed by atoms with Crippen LogP contribution in [0.1, 0.15) is 49.4 Å². The Bertz CT molecular complexity index is 336. The highest BCUT2D eigenvalue weighted by molar-refractivity contribution is 5.27. The van der Waals surface area contributed by atoms with E-state index in [2.05, 4.69) is 36.1 Å². The van der Waals surface area contributed by atoms with Crippen LogP contribution in [-0.4, -0.2) is 18.0 Å². The third-order valence-corrected chi connectivity index (χ3v) is 3.70. The number of rotatable bonds is 4. The summed E-state index contributed by atoms with van der Waals surface area (Å²) in [6.45, 7) is 8.56. The maximum absolute atomic E-state index is 5.87. The number of benzene rings is 1. The topological polar surface area (TPSA) is 29.3 Å². The van der Waals surface area contributed by atoms with E-state index >= 15 is 0 Å². The Balaban J connectivity index is 2.13. The molecule has 0 saturated carbocycles. The van der Waals surface area contributed by atoms with Crippen molar-refractivity contribution >= 4 is 0 Å². The molecule has 1 aliphatic rings. The Labute approximate surface area is 105 Å². The van der Waals surface area contributed by atoms with E-state index in [9.17, 15) is 0 Å². The van der Waals surface area contributed by atoms with Crippen LogP contribution in [0, 0.1) is 6.92 Å². The van der Waals surface area contributed by atoms with Crippen molar-refractivity contribution in [3.63, 3.8) is 0 Å². The van der Waals surface area contributed by atoms with Crippen LogP contribution < -0.4 is 5.73 Å². The molecule has 2 heteroatoms. The summed E-state index contributed by atoms with van der Waals surface area (Å²) in [5, 5.41) is 0. The van der Waals surface area contributed by atoms with Crippen molar-refractivity contribution in [2.75, 3.05) is 13.1 Å². The van der Waals surface area contributed by atoms with E-state index in [0.29, 0.717) is 6.04 Å². The molecule has 93 valence electrons. The quantitative estimate of drug-likeness (QED) is 0.863. The van der Waals surface area contributed by atoms with E-state index < -0.39 is 0 Å². The summed E-state index contributed by atoms with van der Waals surface area (Å²) in [7, 11) is 0. The fourth-order valence-corrected chi connectivity index (χ4v) is 2.64. The zero-order valence-corrected chi connectivity index (χ0v) is 10.7. The smallest absolute Gasteiger partial charge is 0.0348 e. The van der Waals surface area contributed by atoms with Crippen molar-refractivity contribution < 1.29 is 0 Å². The Morgan fingerprint density at radius 3 is 2.18 bits per heavy atom. The predicted octanol–water partition coefficient (Wildman–Crippen LogP) is 3.07. The number of nitrogens with two attached hydrogens (primary N) is 1. The van der Waals surface area contributed by atoms with Crippen molar-refractivity contribution in [2.45, 2.75) is 38.3 Å². The van der Waals surface area contributed by atoms with Crippen LogP contribution in [0.5, 0.6) is 0 Å². The van der Waals surface area contributed by atoms with Gasteiger partial charge in [-0.1, -0.05) is 31.2 Å². The molecule has 0 spiro atoms. The summed E-state index contributed by atoms with van der Waals surface area (Å²) in [5.41, 5.74) is 8.46. The first kappa shape index (κ1) is 12.6. The second-order valence-corrected chi connectivity index (χ2v) is 5.00. The van der Waals surface area contributed by atoms with Crippen LogP contribution in [-0.2, 0) is 0 Å². The summed E-state index contributed by atoms with van der Waals surface area (Å²) in [6.07, 6.45) is 3.60. The number of nitrogens with zero attached hydrogens (tertiary/aromatic N) is 1. The van der Waals surface area contributed by atoms with E-state index in [1.54, 1.807) is 0 Å². The van der Waals surface area contributed by atoms with Gasteiger partial charge in [-0.25, -0.2) is 0 Å². The molecule has 2 rings (SSSR count). The maximum Gasteiger partial charge on any atom is 0.0348 e. The molecule has 0 amide bonds. The van der Waals surface area contributed by atoms with E-state index in [1.807, 2.05) is 6.92 Å². The summed E-state index contributed by atoms with van der Waals surface area (Å²) in [6, 6.07) is 9.34. The molecule has 1 radical (unpaired) electrons. The normalized spacial score (nSPS) is 20.4. The Kier molecular flexibility index (Phi) is 4.19. The van der Waals surface area contributed by atoms with E-state index in [-0.39, 0.29) is 6.04 Å². The number of likely N-dealkylation sites (tertiary alicyclic amines) is 1. The van der Waals surface area contributed by atoms with Gasteiger partial charge >= 0.3 is 0 Å². The lowest BCUT2D eigenvalue weighted by molar-refractivity contribution is 0.246. The number of hydrogen-bond donors (Lipinski definition) is 1. The molecular weight excluding hydrogens is 208 g/mol. The zero-order valence-electron chi connectivity index (χ0n) is 10.7. The summed E-state index contributed by atoms with van der Waals surface area (Å²) in [5.74, 6) is 0. The molecule has 1 saturated heterocycles.